The van der Waals surface area contributed by atoms with Gasteiger partial charge in [-0.15, -0.1) is 0 Å². The number of pyridine rings is 1. The Morgan fingerprint density at radius 1 is 1.26 bits per heavy atom. The molecule has 0 unspecified atom stereocenters. The van der Waals surface area contributed by atoms with Gasteiger partial charge in [0.05, 0.1) is 0 Å². The largest absolute Gasteiger partial charge is 0.483 e. The molecule has 140 valence electrons. The number of allylic oxidation sites excluding steroid dienone is 2. The molecule has 27 heavy (non-hydrogen) atoms. The van der Waals surface area contributed by atoms with Crippen LogP contribution in [0.3, 0.4) is 0 Å². The average Bonchev–Trinajstić information content (AvgIpc) is 3.29. The van der Waals surface area contributed by atoms with Gasteiger partial charge in [0.1, 0.15) is 12.3 Å². The van der Waals surface area contributed by atoms with E-state index in [1.165, 1.54) is 18.7 Å². The Kier molecular flexibility index (Phi) is 5.03. The number of aromatic nitrogens is 1. The third kappa shape index (κ3) is 3.93. The van der Waals surface area contributed by atoms with E-state index >= 15 is 0 Å². The fourth-order valence-corrected chi connectivity index (χ4v) is 4.11. The first-order valence-electron chi connectivity index (χ1n) is 9.15. The highest BCUT2D eigenvalue weighted by molar-refractivity contribution is 6.31. The maximum Gasteiger partial charge on any atom is 0.267 e. The maximum absolute atomic E-state index is 12.3. The normalized spacial score (nSPS) is 22.8. The monoisotopic (exact) mass is 384 g/mol. The number of aromatic amines is 1. The van der Waals surface area contributed by atoms with Gasteiger partial charge in [-0.25, -0.2) is 0 Å². The molecule has 1 fully saturated rings. The number of halogens is 1. The maximum atomic E-state index is 12.3. The molecule has 2 aliphatic carbocycles. The summed E-state index contributed by atoms with van der Waals surface area (Å²) in [4.78, 5) is 27.4. The zero-order chi connectivity index (χ0) is 18.8. The quantitative estimate of drug-likeness (QED) is 0.748. The molecular formula is C21H21ClN2O3. The molecule has 1 amide bonds. The topological polar surface area (TPSA) is 71.2 Å². The number of H-pyrrole nitrogens is 1. The molecule has 1 heterocycles. The number of amides is 1. The van der Waals surface area contributed by atoms with E-state index < -0.39 is 0 Å². The fourth-order valence-electron chi connectivity index (χ4n) is 3.92. The molecule has 2 bridgehead atoms. The lowest BCUT2D eigenvalue weighted by Crippen LogP contribution is -2.32. The van der Waals surface area contributed by atoms with Crippen molar-refractivity contribution in [2.75, 3.05) is 6.54 Å². The van der Waals surface area contributed by atoms with Gasteiger partial charge >= 0.3 is 0 Å². The lowest BCUT2D eigenvalue weighted by molar-refractivity contribution is 0.0940. The fraction of sp³-hybridized carbons (Fsp3) is 0.333. The highest BCUT2D eigenvalue weighted by Crippen LogP contribution is 2.42. The minimum absolute atomic E-state index is 0.157. The molecule has 5 nitrogen and oxygen atoms in total. The number of nitrogens with one attached hydrogen (secondary N) is 2. The van der Waals surface area contributed by atoms with Gasteiger partial charge in [-0.1, -0.05) is 42.0 Å². The molecule has 0 saturated heterocycles. The number of ether oxygens (including phenoxy) is 1. The molecule has 3 atom stereocenters. The molecule has 2 N–H and O–H groups in total. The highest BCUT2D eigenvalue weighted by Gasteiger charge is 2.35. The van der Waals surface area contributed by atoms with E-state index in [9.17, 15) is 9.59 Å². The Hall–Kier alpha value is -2.53. The van der Waals surface area contributed by atoms with Crippen molar-refractivity contribution >= 4 is 17.5 Å². The molecule has 6 heteroatoms. The second kappa shape index (κ2) is 7.61. The van der Waals surface area contributed by atoms with Crippen LogP contribution in [0.1, 0.15) is 28.9 Å². The molecule has 0 radical (unpaired) electrons. The zero-order valence-corrected chi connectivity index (χ0v) is 15.5. The van der Waals surface area contributed by atoms with Crippen LogP contribution in [-0.4, -0.2) is 17.4 Å². The standard InChI is InChI=1S/C21H21ClN2O3/c22-17-4-2-1-3-15(17)12-27-20-11-23-18(9-19(20)25)21(26)24-10-16-8-13-5-6-14(16)7-13/h1-6,9,11,13-14,16H,7-8,10,12H2,(H,23,25)(H,24,26)/t13-,14+,16+/m1/s1. The number of rotatable bonds is 6. The Morgan fingerprint density at radius 3 is 2.81 bits per heavy atom. The Morgan fingerprint density at radius 2 is 2.11 bits per heavy atom. The molecule has 2 aliphatic rings. The van der Waals surface area contributed by atoms with Gasteiger partial charge in [-0.2, -0.15) is 0 Å². The van der Waals surface area contributed by atoms with E-state index in [1.807, 2.05) is 18.2 Å². The first-order valence-corrected chi connectivity index (χ1v) is 9.53. The second-order valence-corrected chi connectivity index (χ2v) is 7.61. The average molecular weight is 385 g/mol. The van der Waals surface area contributed by atoms with Crippen molar-refractivity contribution in [3.63, 3.8) is 0 Å². The van der Waals surface area contributed by atoms with Gasteiger partial charge in [0.2, 0.25) is 5.43 Å². The molecular weight excluding hydrogens is 364 g/mol. The molecule has 2 aromatic rings. The zero-order valence-electron chi connectivity index (χ0n) is 14.8. The smallest absolute Gasteiger partial charge is 0.267 e. The summed E-state index contributed by atoms with van der Waals surface area (Å²) >= 11 is 6.09. The van der Waals surface area contributed by atoms with Crippen molar-refractivity contribution in [1.82, 2.24) is 10.3 Å². The third-order valence-electron chi connectivity index (χ3n) is 5.40. The number of carbonyl (C=O) groups is 1. The summed E-state index contributed by atoms with van der Waals surface area (Å²) in [6.07, 6.45) is 8.30. The summed E-state index contributed by atoms with van der Waals surface area (Å²) in [7, 11) is 0. The van der Waals surface area contributed by atoms with Gasteiger partial charge in [0.15, 0.2) is 5.75 Å². The lowest BCUT2D eigenvalue weighted by atomic mass is 9.93. The molecule has 1 aromatic heterocycles. The Balaban J connectivity index is 1.35. The molecule has 1 saturated carbocycles. The first kappa shape index (κ1) is 17.9. The van der Waals surface area contributed by atoms with E-state index in [4.69, 9.17) is 16.3 Å². The van der Waals surface area contributed by atoms with E-state index in [1.54, 1.807) is 6.07 Å². The number of fused-ring (bicyclic) bond motifs is 2. The number of hydrogen-bond donors (Lipinski definition) is 2. The van der Waals surface area contributed by atoms with Crippen molar-refractivity contribution in [1.29, 1.82) is 0 Å². The van der Waals surface area contributed by atoms with Gasteiger partial charge < -0.3 is 15.0 Å². The van der Waals surface area contributed by atoms with Crippen LogP contribution in [0.2, 0.25) is 5.02 Å². The van der Waals surface area contributed by atoms with E-state index in [0.717, 1.165) is 12.0 Å². The number of hydrogen-bond acceptors (Lipinski definition) is 3. The van der Waals surface area contributed by atoms with Crippen molar-refractivity contribution in [2.24, 2.45) is 17.8 Å². The van der Waals surface area contributed by atoms with Crippen molar-refractivity contribution in [2.45, 2.75) is 19.4 Å². The van der Waals surface area contributed by atoms with Crippen LogP contribution in [0.5, 0.6) is 5.75 Å². The van der Waals surface area contributed by atoms with Crippen LogP contribution in [0.15, 0.2) is 53.5 Å². The Bertz CT molecular complexity index is 937. The third-order valence-corrected chi connectivity index (χ3v) is 5.77. The number of benzene rings is 1. The van der Waals surface area contributed by atoms with E-state index in [0.29, 0.717) is 29.3 Å². The predicted molar refractivity (Wildman–Crippen MR) is 104 cm³/mol. The summed E-state index contributed by atoms with van der Waals surface area (Å²) in [5.41, 5.74) is 0.693. The summed E-state index contributed by atoms with van der Waals surface area (Å²) in [5.74, 6) is 1.64. The minimum atomic E-state index is -0.339. The van der Waals surface area contributed by atoms with Gasteiger partial charge in [0, 0.05) is 29.4 Å². The lowest BCUT2D eigenvalue weighted by Gasteiger charge is -2.18. The Labute approximate surface area is 162 Å². The van der Waals surface area contributed by atoms with Crippen LogP contribution in [0.4, 0.5) is 0 Å². The molecule has 0 spiro atoms. The summed E-state index contributed by atoms with van der Waals surface area (Å²) < 4.78 is 5.55. The molecule has 4 rings (SSSR count). The van der Waals surface area contributed by atoms with Crippen molar-refractivity contribution < 1.29 is 9.53 Å². The van der Waals surface area contributed by atoms with E-state index in [2.05, 4.69) is 22.5 Å². The van der Waals surface area contributed by atoms with Gasteiger partial charge in [-0.3, -0.25) is 9.59 Å². The second-order valence-electron chi connectivity index (χ2n) is 7.21. The highest BCUT2D eigenvalue weighted by atomic mass is 35.5. The summed E-state index contributed by atoms with van der Waals surface area (Å²) in [6.45, 7) is 0.823. The van der Waals surface area contributed by atoms with Crippen LogP contribution >= 0.6 is 11.6 Å². The van der Waals surface area contributed by atoms with Crippen LogP contribution in [0, 0.1) is 17.8 Å². The predicted octanol–water partition coefficient (Wildman–Crippen LogP) is 3.55. The van der Waals surface area contributed by atoms with Crippen LogP contribution in [0.25, 0.3) is 0 Å². The molecule has 1 aromatic carbocycles. The van der Waals surface area contributed by atoms with Crippen molar-refractivity contribution in [3.05, 3.63) is 75.2 Å². The summed E-state index contributed by atoms with van der Waals surface area (Å²) in [6, 6.07) is 8.57. The van der Waals surface area contributed by atoms with Crippen molar-refractivity contribution in [3.8, 4) is 5.75 Å². The van der Waals surface area contributed by atoms with Crippen LogP contribution < -0.4 is 15.5 Å². The number of carbonyl (C=O) groups excluding carboxylic acids is 1. The summed E-state index contributed by atoms with van der Waals surface area (Å²) in [5, 5.41) is 3.52. The molecule has 0 aliphatic heterocycles. The first-order chi connectivity index (χ1) is 13.1. The van der Waals surface area contributed by atoms with Crippen LogP contribution in [-0.2, 0) is 6.61 Å². The van der Waals surface area contributed by atoms with Gasteiger partial charge in [-0.05, 0) is 36.7 Å². The van der Waals surface area contributed by atoms with Gasteiger partial charge in [0.25, 0.3) is 5.91 Å². The minimum Gasteiger partial charge on any atom is -0.483 e. The van der Waals surface area contributed by atoms with E-state index in [-0.39, 0.29) is 29.4 Å². The SMILES string of the molecule is O=C(NC[C@@H]1C[C@@H]2C=C[C@H]1C2)c1cc(=O)c(OCc2ccccc2Cl)c[nH]1.